The molecule has 1 fully saturated rings. The van der Waals surface area contributed by atoms with Crippen LogP contribution in [0.4, 0.5) is 48.1 Å². The molecule has 0 unspecified atom stereocenters. The van der Waals surface area contributed by atoms with Gasteiger partial charge >= 0.3 is 18.3 Å². The van der Waals surface area contributed by atoms with Gasteiger partial charge in [-0.05, 0) is 60.7 Å². The number of morpholine rings is 1. The standard InChI is InChI=1S/C28H22F4N8O.C2HF3O2/c29-20-13-18(14-23(15-20)39-9-11-41-12-10-39)24-7-8-33-27(37-24)36-21-2-4-22(5-3-21)40-17-35-26(38-40)25-6-1-19(16-34-25)28(30,31)32;3-2(4,5)1(6)7/h1-8,13-17H,9-12H2,(H,33,36,37);(H,6,7). The Labute approximate surface area is 266 Å². The van der Waals surface area contributed by atoms with Crippen LogP contribution in [-0.2, 0) is 15.7 Å². The molecule has 0 aliphatic carbocycles. The number of halogens is 7. The number of hydrogen-bond donors (Lipinski definition) is 2. The minimum Gasteiger partial charge on any atom is -0.475 e. The zero-order valence-corrected chi connectivity index (χ0v) is 24.4. The maximum absolute atomic E-state index is 14.5. The lowest BCUT2D eigenvalue weighted by Gasteiger charge is -2.29. The number of aliphatic carboxylic acids is 1. The quantitative estimate of drug-likeness (QED) is 0.202. The first-order valence-electron chi connectivity index (χ1n) is 13.9. The van der Waals surface area contributed by atoms with Crippen LogP contribution in [0, 0.1) is 5.82 Å². The molecule has 0 saturated carbocycles. The third-order valence-corrected chi connectivity index (χ3v) is 6.65. The first-order chi connectivity index (χ1) is 22.8. The summed E-state index contributed by atoms with van der Waals surface area (Å²) in [6.45, 7) is 2.58. The number of nitrogens with one attached hydrogen (secondary N) is 1. The van der Waals surface area contributed by atoms with Gasteiger partial charge in [0.15, 0.2) is 5.82 Å². The van der Waals surface area contributed by atoms with Gasteiger partial charge in [0.05, 0.1) is 30.2 Å². The molecule has 0 bridgehead atoms. The molecule has 2 aromatic carbocycles. The van der Waals surface area contributed by atoms with Crippen molar-refractivity contribution >= 4 is 23.3 Å². The van der Waals surface area contributed by atoms with Gasteiger partial charge in [0.1, 0.15) is 17.8 Å². The van der Waals surface area contributed by atoms with Crippen molar-refractivity contribution in [2.45, 2.75) is 12.4 Å². The number of hydrogen-bond acceptors (Lipinski definition) is 9. The molecule has 0 radical (unpaired) electrons. The zero-order valence-electron chi connectivity index (χ0n) is 24.4. The topological polar surface area (TPSA) is 131 Å². The zero-order chi connectivity index (χ0) is 34.5. The largest absolute Gasteiger partial charge is 0.490 e. The molecule has 2 N–H and O–H groups in total. The molecule has 4 heterocycles. The summed E-state index contributed by atoms with van der Waals surface area (Å²) < 4.78 is 91.5. The molecule has 1 aliphatic heterocycles. The Balaban J connectivity index is 0.000000582. The lowest BCUT2D eigenvalue weighted by atomic mass is 10.1. The van der Waals surface area contributed by atoms with E-state index in [0.717, 1.165) is 18.0 Å². The van der Waals surface area contributed by atoms with Crippen molar-refractivity contribution in [1.29, 1.82) is 0 Å². The monoisotopic (exact) mass is 676 g/mol. The van der Waals surface area contributed by atoms with E-state index in [0.29, 0.717) is 54.9 Å². The van der Waals surface area contributed by atoms with Crippen molar-refractivity contribution < 1.29 is 45.4 Å². The van der Waals surface area contributed by atoms with Gasteiger partial charge in [0.2, 0.25) is 5.95 Å². The van der Waals surface area contributed by atoms with Crippen LogP contribution in [0.5, 0.6) is 0 Å². The van der Waals surface area contributed by atoms with E-state index in [1.165, 1.54) is 29.2 Å². The van der Waals surface area contributed by atoms with Gasteiger partial charge in [-0.15, -0.1) is 5.10 Å². The lowest BCUT2D eigenvalue weighted by Crippen LogP contribution is -2.36. The third-order valence-electron chi connectivity index (χ3n) is 6.65. The fourth-order valence-corrected chi connectivity index (χ4v) is 4.33. The number of pyridine rings is 1. The highest BCUT2D eigenvalue weighted by atomic mass is 19.4. The smallest absolute Gasteiger partial charge is 0.475 e. The van der Waals surface area contributed by atoms with Crippen LogP contribution < -0.4 is 10.2 Å². The summed E-state index contributed by atoms with van der Waals surface area (Å²) in [5.41, 5.74) is 2.74. The molecule has 3 aromatic heterocycles. The predicted molar refractivity (Wildman–Crippen MR) is 157 cm³/mol. The number of rotatable bonds is 6. The second-order valence-corrected chi connectivity index (χ2v) is 9.98. The summed E-state index contributed by atoms with van der Waals surface area (Å²) in [6.07, 6.45) is -5.74. The van der Waals surface area contributed by atoms with Crippen LogP contribution in [0.15, 0.2) is 79.4 Å². The van der Waals surface area contributed by atoms with E-state index >= 15 is 0 Å². The Morgan fingerprint density at radius 3 is 2.19 bits per heavy atom. The summed E-state index contributed by atoms with van der Waals surface area (Å²) in [4.78, 5) is 27.8. The highest BCUT2D eigenvalue weighted by Gasteiger charge is 2.38. The van der Waals surface area contributed by atoms with Crippen LogP contribution in [-0.4, -0.2) is 73.3 Å². The van der Waals surface area contributed by atoms with Gasteiger partial charge < -0.3 is 20.1 Å². The molecule has 250 valence electrons. The first-order valence-corrected chi connectivity index (χ1v) is 13.9. The van der Waals surface area contributed by atoms with E-state index in [-0.39, 0.29) is 17.3 Å². The molecule has 48 heavy (non-hydrogen) atoms. The van der Waals surface area contributed by atoms with Gasteiger partial charge in [-0.25, -0.2) is 28.8 Å². The molecular formula is C30H23F7N8O3. The van der Waals surface area contributed by atoms with Gasteiger partial charge in [0, 0.05) is 42.4 Å². The molecule has 0 atom stereocenters. The summed E-state index contributed by atoms with van der Waals surface area (Å²) >= 11 is 0. The number of ether oxygens (including phenoxy) is 1. The minimum absolute atomic E-state index is 0.195. The average molecular weight is 677 g/mol. The van der Waals surface area contributed by atoms with Crippen LogP contribution in [0.1, 0.15) is 5.56 Å². The fraction of sp³-hybridized carbons (Fsp3) is 0.200. The summed E-state index contributed by atoms with van der Waals surface area (Å²) in [5.74, 6) is -2.57. The number of anilines is 3. The van der Waals surface area contributed by atoms with Crippen LogP contribution in [0.25, 0.3) is 28.5 Å². The highest BCUT2D eigenvalue weighted by Crippen LogP contribution is 2.30. The SMILES string of the molecule is Fc1cc(-c2ccnc(Nc3ccc(-n4cnc(-c5ccc(C(F)(F)F)cn5)n4)cc3)n2)cc(N2CCOCC2)c1.O=C(O)C(F)(F)F. The lowest BCUT2D eigenvalue weighted by molar-refractivity contribution is -0.192. The molecule has 11 nitrogen and oxygen atoms in total. The Hall–Kier alpha value is -5.65. The number of nitrogens with zero attached hydrogens (tertiary/aromatic N) is 7. The van der Waals surface area contributed by atoms with Crippen molar-refractivity contribution in [2.75, 3.05) is 36.5 Å². The van der Waals surface area contributed by atoms with E-state index in [1.807, 2.05) is 6.07 Å². The van der Waals surface area contributed by atoms with Crippen LogP contribution in [0.2, 0.25) is 0 Å². The van der Waals surface area contributed by atoms with Gasteiger partial charge in [-0.3, -0.25) is 4.98 Å². The Morgan fingerprint density at radius 2 is 1.56 bits per heavy atom. The van der Waals surface area contributed by atoms with Gasteiger partial charge in [-0.2, -0.15) is 26.3 Å². The molecule has 1 aliphatic rings. The van der Waals surface area contributed by atoms with Crippen LogP contribution in [0.3, 0.4) is 0 Å². The second-order valence-electron chi connectivity index (χ2n) is 9.98. The maximum atomic E-state index is 14.5. The second kappa shape index (κ2) is 14.0. The molecule has 18 heteroatoms. The molecule has 6 rings (SSSR count). The summed E-state index contributed by atoms with van der Waals surface area (Å²) in [7, 11) is 0. The molecule has 1 saturated heterocycles. The molecule has 0 amide bonds. The highest BCUT2D eigenvalue weighted by molar-refractivity contribution is 5.73. The summed E-state index contributed by atoms with van der Waals surface area (Å²) in [6, 6.07) is 15.9. The number of benzene rings is 2. The normalized spacial score (nSPS) is 13.4. The van der Waals surface area contributed by atoms with E-state index in [2.05, 4.69) is 35.3 Å². The van der Waals surface area contributed by atoms with Gasteiger partial charge in [0.25, 0.3) is 0 Å². The molecule has 0 spiro atoms. The number of alkyl halides is 6. The Bertz CT molecular complexity index is 1860. The molecule has 5 aromatic rings. The Morgan fingerprint density at radius 1 is 0.854 bits per heavy atom. The van der Waals surface area contributed by atoms with E-state index < -0.39 is 23.9 Å². The molecular weight excluding hydrogens is 653 g/mol. The number of carbonyl (C=O) groups is 1. The van der Waals surface area contributed by atoms with Crippen molar-refractivity contribution in [2.24, 2.45) is 0 Å². The van der Waals surface area contributed by atoms with E-state index in [9.17, 15) is 30.7 Å². The van der Waals surface area contributed by atoms with Crippen molar-refractivity contribution in [3.05, 3.63) is 90.8 Å². The van der Waals surface area contributed by atoms with E-state index in [4.69, 9.17) is 14.6 Å². The first kappa shape index (κ1) is 33.7. The maximum Gasteiger partial charge on any atom is 0.490 e. The summed E-state index contributed by atoms with van der Waals surface area (Å²) in [5, 5.41) is 14.6. The fourth-order valence-electron chi connectivity index (χ4n) is 4.33. The van der Waals surface area contributed by atoms with Gasteiger partial charge in [-0.1, -0.05) is 0 Å². The Kier molecular flexibility index (Phi) is 9.83. The van der Waals surface area contributed by atoms with E-state index in [1.54, 1.807) is 36.5 Å². The van der Waals surface area contributed by atoms with Crippen molar-refractivity contribution in [3.63, 3.8) is 0 Å². The average Bonchev–Trinajstić information content (AvgIpc) is 3.55. The number of carboxylic acid groups (broad SMARTS) is 1. The minimum atomic E-state index is -5.08. The predicted octanol–water partition coefficient (Wildman–Crippen LogP) is 6.16. The van der Waals surface area contributed by atoms with Crippen molar-refractivity contribution in [1.82, 2.24) is 29.7 Å². The van der Waals surface area contributed by atoms with Crippen molar-refractivity contribution in [3.8, 4) is 28.5 Å². The number of aromatic nitrogens is 6. The van der Waals surface area contributed by atoms with Crippen LogP contribution >= 0.6 is 0 Å². The third kappa shape index (κ3) is 8.58. The number of carboxylic acids is 1.